The fourth-order valence-corrected chi connectivity index (χ4v) is 2.13. The first-order valence-corrected chi connectivity index (χ1v) is 6.31. The van der Waals surface area contributed by atoms with Gasteiger partial charge in [0.05, 0.1) is 21.8 Å². The molecule has 0 aliphatic carbocycles. The lowest BCUT2D eigenvalue weighted by molar-refractivity contribution is 0.0735. The van der Waals surface area contributed by atoms with Gasteiger partial charge in [-0.3, -0.25) is 0 Å². The molecule has 0 spiro atoms. The molecule has 0 bridgehead atoms. The van der Waals surface area contributed by atoms with Gasteiger partial charge < -0.3 is 9.94 Å². The molecule has 0 heterocycles. The van der Waals surface area contributed by atoms with Crippen molar-refractivity contribution in [1.29, 1.82) is 0 Å². The van der Waals surface area contributed by atoms with E-state index in [2.05, 4.69) is 5.16 Å². The van der Waals surface area contributed by atoms with Crippen molar-refractivity contribution in [3.8, 4) is 5.75 Å². The fraction of sp³-hybridized carbons (Fsp3) is 0. The zero-order chi connectivity index (χ0) is 14.5. The summed E-state index contributed by atoms with van der Waals surface area (Å²) in [5, 5.41) is 11.6. The van der Waals surface area contributed by atoms with Crippen molar-refractivity contribution in [3.05, 3.63) is 63.6 Å². The molecule has 0 fully saturated rings. The highest BCUT2D eigenvalue weighted by Gasteiger charge is 2.15. The Labute approximate surface area is 125 Å². The molecule has 0 aromatic heterocycles. The van der Waals surface area contributed by atoms with Crippen molar-refractivity contribution in [1.82, 2.24) is 0 Å². The maximum Gasteiger partial charge on any atom is 0.343 e. The van der Waals surface area contributed by atoms with Crippen LogP contribution in [0.5, 0.6) is 5.75 Å². The standard InChI is InChI=1S/C14H9Cl2NO3/c15-11-6-9(8-17-19)7-12(16)13(11)20-14(18)10-4-2-1-3-5-10/h1-8,19H/b17-8-. The van der Waals surface area contributed by atoms with Gasteiger partial charge in [-0.1, -0.05) is 46.6 Å². The summed E-state index contributed by atoms with van der Waals surface area (Å²) in [7, 11) is 0. The number of hydrogen-bond acceptors (Lipinski definition) is 4. The van der Waals surface area contributed by atoms with Crippen molar-refractivity contribution in [3.63, 3.8) is 0 Å². The number of carbonyl (C=O) groups excluding carboxylic acids is 1. The average Bonchev–Trinajstić information content (AvgIpc) is 2.44. The summed E-state index contributed by atoms with van der Waals surface area (Å²) in [6.45, 7) is 0. The highest BCUT2D eigenvalue weighted by atomic mass is 35.5. The van der Waals surface area contributed by atoms with E-state index in [1.807, 2.05) is 0 Å². The Morgan fingerprint density at radius 2 is 1.75 bits per heavy atom. The molecule has 0 amide bonds. The van der Waals surface area contributed by atoms with Crippen LogP contribution < -0.4 is 4.74 Å². The number of halogens is 2. The molecule has 1 N–H and O–H groups in total. The lowest BCUT2D eigenvalue weighted by Crippen LogP contribution is -2.09. The van der Waals surface area contributed by atoms with Gasteiger partial charge in [0, 0.05) is 0 Å². The first kappa shape index (κ1) is 14.4. The molecule has 2 rings (SSSR count). The topological polar surface area (TPSA) is 58.9 Å². The van der Waals surface area contributed by atoms with Crippen molar-refractivity contribution in [2.24, 2.45) is 5.16 Å². The van der Waals surface area contributed by atoms with E-state index >= 15 is 0 Å². The second kappa shape index (κ2) is 6.41. The zero-order valence-electron chi connectivity index (χ0n) is 10.1. The molecule has 0 aliphatic rings. The van der Waals surface area contributed by atoms with E-state index in [1.54, 1.807) is 30.3 Å². The molecule has 6 heteroatoms. The molecule has 20 heavy (non-hydrogen) atoms. The second-order valence-electron chi connectivity index (χ2n) is 3.81. The van der Waals surface area contributed by atoms with E-state index in [0.717, 1.165) is 0 Å². The molecule has 102 valence electrons. The van der Waals surface area contributed by atoms with Gasteiger partial charge in [-0.2, -0.15) is 0 Å². The number of hydrogen-bond donors (Lipinski definition) is 1. The normalized spacial score (nSPS) is 10.7. The second-order valence-corrected chi connectivity index (χ2v) is 4.63. The first-order valence-electron chi connectivity index (χ1n) is 5.55. The summed E-state index contributed by atoms with van der Waals surface area (Å²) >= 11 is 12.0. The van der Waals surface area contributed by atoms with Gasteiger partial charge in [-0.25, -0.2) is 4.79 Å². The number of oxime groups is 1. The van der Waals surface area contributed by atoms with Gasteiger partial charge in [0.2, 0.25) is 0 Å². The van der Waals surface area contributed by atoms with Crippen LogP contribution in [-0.2, 0) is 0 Å². The fourth-order valence-electron chi connectivity index (χ4n) is 1.54. The van der Waals surface area contributed by atoms with Gasteiger partial charge in [0.1, 0.15) is 0 Å². The lowest BCUT2D eigenvalue weighted by atomic mass is 10.2. The Morgan fingerprint density at radius 3 is 2.30 bits per heavy atom. The van der Waals surface area contributed by atoms with Crippen LogP contribution in [0.3, 0.4) is 0 Å². The zero-order valence-corrected chi connectivity index (χ0v) is 11.6. The van der Waals surface area contributed by atoms with E-state index in [9.17, 15) is 4.79 Å². The highest BCUT2D eigenvalue weighted by Crippen LogP contribution is 2.34. The maximum atomic E-state index is 11.9. The molecule has 0 radical (unpaired) electrons. The van der Waals surface area contributed by atoms with E-state index in [4.69, 9.17) is 33.1 Å². The Morgan fingerprint density at radius 1 is 1.15 bits per heavy atom. The number of rotatable bonds is 3. The predicted molar refractivity (Wildman–Crippen MR) is 77.2 cm³/mol. The van der Waals surface area contributed by atoms with Gasteiger partial charge in [0.25, 0.3) is 0 Å². The molecule has 0 unspecified atom stereocenters. The Kier molecular flexibility index (Phi) is 4.61. The first-order chi connectivity index (χ1) is 9.61. The Bertz CT molecular complexity index is 634. The number of nitrogens with zero attached hydrogens (tertiary/aromatic N) is 1. The van der Waals surface area contributed by atoms with E-state index in [-0.39, 0.29) is 15.8 Å². The number of carbonyl (C=O) groups is 1. The van der Waals surface area contributed by atoms with Crippen LogP contribution in [0.2, 0.25) is 10.0 Å². The number of ether oxygens (including phenoxy) is 1. The maximum absolute atomic E-state index is 11.9. The minimum atomic E-state index is -0.557. The number of esters is 1. The largest absolute Gasteiger partial charge is 0.420 e. The molecule has 4 nitrogen and oxygen atoms in total. The van der Waals surface area contributed by atoms with Gasteiger partial charge in [-0.05, 0) is 29.8 Å². The third-order valence-corrected chi connectivity index (χ3v) is 2.99. The third kappa shape index (κ3) is 3.29. The van der Waals surface area contributed by atoms with Crippen LogP contribution in [0.15, 0.2) is 47.6 Å². The predicted octanol–water partition coefficient (Wildman–Crippen LogP) is 4.02. The minimum absolute atomic E-state index is 0.0669. The molecule has 0 saturated heterocycles. The summed E-state index contributed by atoms with van der Waals surface area (Å²) in [4.78, 5) is 11.9. The van der Waals surface area contributed by atoms with Crippen LogP contribution in [0, 0.1) is 0 Å². The molecule has 0 atom stereocenters. The molecule has 2 aromatic carbocycles. The van der Waals surface area contributed by atoms with Crippen LogP contribution in [0.4, 0.5) is 0 Å². The van der Waals surface area contributed by atoms with Gasteiger partial charge in [-0.15, -0.1) is 0 Å². The molecule has 0 aliphatic heterocycles. The summed E-state index contributed by atoms with van der Waals surface area (Å²) in [6, 6.07) is 11.4. The third-order valence-electron chi connectivity index (χ3n) is 2.43. The minimum Gasteiger partial charge on any atom is -0.420 e. The van der Waals surface area contributed by atoms with Crippen LogP contribution in [-0.4, -0.2) is 17.4 Å². The molecular weight excluding hydrogens is 301 g/mol. The van der Waals surface area contributed by atoms with Crippen LogP contribution in [0.1, 0.15) is 15.9 Å². The van der Waals surface area contributed by atoms with E-state index in [1.165, 1.54) is 18.3 Å². The van der Waals surface area contributed by atoms with Crippen molar-refractivity contribution < 1.29 is 14.7 Å². The molecular formula is C14H9Cl2NO3. The average molecular weight is 310 g/mol. The summed E-state index contributed by atoms with van der Waals surface area (Å²) in [5.41, 5.74) is 0.877. The van der Waals surface area contributed by atoms with Crippen molar-refractivity contribution in [2.45, 2.75) is 0 Å². The van der Waals surface area contributed by atoms with Crippen LogP contribution >= 0.6 is 23.2 Å². The highest BCUT2D eigenvalue weighted by molar-refractivity contribution is 6.37. The van der Waals surface area contributed by atoms with Gasteiger partial charge >= 0.3 is 5.97 Å². The summed E-state index contributed by atoms with van der Waals surface area (Å²) in [5.74, 6) is -0.491. The van der Waals surface area contributed by atoms with Crippen molar-refractivity contribution in [2.75, 3.05) is 0 Å². The smallest absolute Gasteiger partial charge is 0.343 e. The van der Waals surface area contributed by atoms with Crippen LogP contribution in [0.25, 0.3) is 0 Å². The summed E-state index contributed by atoms with van der Waals surface area (Å²) < 4.78 is 5.19. The lowest BCUT2D eigenvalue weighted by Gasteiger charge is -2.09. The number of benzene rings is 2. The molecule has 0 saturated carbocycles. The van der Waals surface area contributed by atoms with E-state index in [0.29, 0.717) is 11.1 Å². The van der Waals surface area contributed by atoms with E-state index < -0.39 is 5.97 Å². The monoisotopic (exact) mass is 309 g/mol. The van der Waals surface area contributed by atoms with Crippen molar-refractivity contribution >= 4 is 35.4 Å². The SMILES string of the molecule is O=C(Oc1c(Cl)cc(/C=N\O)cc1Cl)c1ccccc1. The quantitative estimate of drug-likeness (QED) is 0.306. The summed E-state index contributed by atoms with van der Waals surface area (Å²) in [6.07, 6.45) is 1.17. The Balaban J connectivity index is 2.28. The molecule has 2 aromatic rings. The van der Waals surface area contributed by atoms with Gasteiger partial charge in [0.15, 0.2) is 5.75 Å². The Hall–Kier alpha value is -2.04.